The van der Waals surface area contributed by atoms with Crippen molar-refractivity contribution in [2.45, 2.75) is 24.5 Å². The van der Waals surface area contributed by atoms with Crippen LogP contribution in [0, 0.1) is 6.92 Å². The van der Waals surface area contributed by atoms with Crippen molar-refractivity contribution in [2.24, 2.45) is 5.73 Å². The molecule has 0 amide bonds. The number of nitrogens with two attached hydrogens (primary N) is 1. The van der Waals surface area contributed by atoms with Gasteiger partial charge in [0.15, 0.2) is 5.13 Å². The number of thioether (sulfide) groups is 1. The van der Waals surface area contributed by atoms with Crippen molar-refractivity contribution < 1.29 is 0 Å². The number of aryl methyl sites for hydroxylation is 1. The quantitative estimate of drug-likeness (QED) is 0.900. The highest BCUT2D eigenvalue weighted by Crippen LogP contribution is 2.35. The summed E-state index contributed by atoms with van der Waals surface area (Å²) in [4.78, 5) is 6.93. The lowest BCUT2D eigenvalue weighted by Gasteiger charge is -2.39. The van der Waals surface area contributed by atoms with E-state index in [4.69, 9.17) is 5.73 Å². The molecule has 2 heterocycles. The molecule has 0 saturated carbocycles. The first-order valence-corrected chi connectivity index (χ1v) is 7.72. The van der Waals surface area contributed by atoms with Crippen molar-refractivity contribution in [1.82, 2.24) is 4.98 Å². The zero-order valence-electron chi connectivity index (χ0n) is 9.90. The fourth-order valence-corrected chi connectivity index (χ4v) is 3.70. The summed E-state index contributed by atoms with van der Waals surface area (Å²) >= 11 is 3.68. The first kappa shape index (κ1) is 12.2. The molecule has 0 radical (unpaired) electrons. The summed E-state index contributed by atoms with van der Waals surface area (Å²) in [5, 5.41) is 3.29. The third kappa shape index (κ3) is 2.36. The van der Waals surface area contributed by atoms with E-state index in [0.29, 0.717) is 4.75 Å². The highest BCUT2D eigenvalue weighted by Gasteiger charge is 2.33. The molecule has 3 nitrogen and oxygen atoms in total. The molecule has 1 aromatic heterocycles. The first-order chi connectivity index (χ1) is 7.69. The first-order valence-electron chi connectivity index (χ1n) is 5.61. The number of thiazole rings is 1. The molecule has 0 aliphatic carbocycles. The van der Waals surface area contributed by atoms with Crippen LogP contribution in [0.2, 0.25) is 0 Å². The van der Waals surface area contributed by atoms with E-state index in [1.54, 1.807) is 11.3 Å². The van der Waals surface area contributed by atoms with Crippen molar-refractivity contribution in [3.63, 3.8) is 0 Å². The third-order valence-electron chi connectivity index (χ3n) is 3.36. The molecule has 1 aliphatic rings. The zero-order valence-corrected chi connectivity index (χ0v) is 11.5. The molecule has 0 unspecified atom stereocenters. The van der Waals surface area contributed by atoms with Gasteiger partial charge in [-0.05, 0) is 26.0 Å². The molecule has 0 spiro atoms. The average Bonchev–Trinajstić information content (AvgIpc) is 2.76. The maximum Gasteiger partial charge on any atom is 0.185 e. The molecule has 0 bridgehead atoms. The Kier molecular flexibility index (Phi) is 3.77. The van der Waals surface area contributed by atoms with E-state index >= 15 is 0 Å². The van der Waals surface area contributed by atoms with Crippen molar-refractivity contribution in [3.8, 4) is 0 Å². The van der Waals surface area contributed by atoms with Crippen LogP contribution in [-0.4, -0.2) is 35.6 Å². The molecule has 1 aromatic rings. The summed E-state index contributed by atoms with van der Waals surface area (Å²) in [5.41, 5.74) is 7.01. The molecule has 2 N–H and O–H groups in total. The molecular weight excluding hydrogens is 238 g/mol. The Labute approximate surface area is 105 Å². The lowest BCUT2D eigenvalue weighted by Crippen LogP contribution is -2.46. The fourth-order valence-electron chi connectivity index (χ4n) is 2.08. The van der Waals surface area contributed by atoms with E-state index in [9.17, 15) is 0 Å². The van der Waals surface area contributed by atoms with Gasteiger partial charge in [0.25, 0.3) is 0 Å². The van der Waals surface area contributed by atoms with Crippen LogP contribution < -0.4 is 10.6 Å². The summed E-state index contributed by atoms with van der Waals surface area (Å²) in [6.07, 6.45) is 4.52. The van der Waals surface area contributed by atoms with Crippen LogP contribution in [0.4, 0.5) is 5.13 Å². The summed E-state index contributed by atoms with van der Waals surface area (Å²) in [6.45, 7) is 5.02. The zero-order chi connectivity index (χ0) is 11.6. The van der Waals surface area contributed by atoms with Gasteiger partial charge in [-0.2, -0.15) is 11.8 Å². The van der Waals surface area contributed by atoms with Crippen LogP contribution in [-0.2, 0) is 0 Å². The minimum absolute atomic E-state index is 0.308. The Morgan fingerprint density at radius 2 is 2.25 bits per heavy atom. The van der Waals surface area contributed by atoms with Gasteiger partial charge in [-0.25, -0.2) is 4.98 Å². The number of piperidine rings is 1. The van der Waals surface area contributed by atoms with Crippen molar-refractivity contribution in [1.29, 1.82) is 0 Å². The van der Waals surface area contributed by atoms with Crippen LogP contribution in [0.5, 0.6) is 0 Å². The van der Waals surface area contributed by atoms with Gasteiger partial charge in [0.1, 0.15) is 0 Å². The third-order valence-corrected chi connectivity index (χ3v) is 5.82. The monoisotopic (exact) mass is 257 g/mol. The molecule has 1 saturated heterocycles. The maximum atomic E-state index is 5.88. The Balaban J connectivity index is 1.99. The smallest absolute Gasteiger partial charge is 0.185 e. The van der Waals surface area contributed by atoms with E-state index < -0.39 is 0 Å². The normalized spacial score (nSPS) is 20.1. The van der Waals surface area contributed by atoms with Crippen molar-refractivity contribution >= 4 is 28.2 Å². The van der Waals surface area contributed by atoms with Gasteiger partial charge < -0.3 is 10.6 Å². The van der Waals surface area contributed by atoms with Gasteiger partial charge in [-0.1, -0.05) is 0 Å². The molecule has 0 aromatic carbocycles. The predicted octanol–water partition coefficient (Wildman–Crippen LogP) is 2.11. The maximum absolute atomic E-state index is 5.88. The second-order valence-electron chi connectivity index (χ2n) is 4.35. The lowest BCUT2D eigenvalue weighted by molar-refractivity contribution is 0.457. The second-order valence-corrected chi connectivity index (χ2v) is 6.46. The summed E-state index contributed by atoms with van der Waals surface area (Å²) in [6, 6.07) is 0. The number of aromatic nitrogens is 1. The van der Waals surface area contributed by atoms with Gasteiger partial charge in [-0.3, -0.25) is 0 Å². The Bertz CT molecular complexity index is 337. The van der Waals surface area contributed by atoms with Gasteiger partial charge in [0.05, 0.1) is 5.69 Å². The molecule has 0 atom stereocenters. The van der Waals surface area contributed by atoms with Crippen molar-refractivity contribution in [2.75, 3.05) is 30.8 Å². The Morgan fingerprint density at radius 1 is 1.56 bits per heavy atom. The summed E-state index contributed by atoms with van der Waals surface area (Å²) in [7, 11) is 0. The summed E-state index contributed by atoms with van der Waals surface area (Å²) in [5.74, 6) is 0. The van der Waals surface area contributed by atoms with Crippen LogP contribution in [0.15, 0.2) is 5.38 Å². The van der Waals surface area contributed by atoms with Crippen LogP contribution >= 0.6 is 23.1 Å². The minimum Gasteiger partial charge on any atom is -0.348 e. The van der Waals surface area contributed by atoms with E-state index in [0.717, 1.165) is 25.3 Å². The summed E-state index contributed by atoms with van der Waals surface area (Å²) < 4.78 is 0.308. The lowest BCUT2D eigenvalue weighted by atomic mass is 9.96. The highest BCUT2D eigenvalue weighted by molar-refractivity contribution is 8.00. The van der Waals surface area contributed by atoms with E-state index in [-0.39, 0.29) is 0 Å². The second kappa shape index (κ2) is 4.94. The van der Waals surface area contributed by atoms with E-state index in [1.165, 1.54) is 18.0 Å². The number of rotatable bonds is 3. The van der Waals surface area contributed by atoms with Gasteiger partial charge in [-0.15, -0.1) is 11.3 Å². The standard InChI is InChI=1S/C11H19N3S2/c1-9-7-16-10(13-9)14-5-3-11(8-12,15-2)4-6-14/h7H,3-6,8,12H2,1-2H3. The predicted molar refractivity (Wildman–Crippen MR) is 73.6 cm³/mol. The van der Waals surface area contributed by atoms with Gasteiger partial charge in [0.2, 0.25) is 0 Å². The Morgan fingerprint density at radius 3 is 2.69 bits per heavy atom. The van der Waals surface area contributed by atoms with Gasteiger partial charge in [0, 0.05) is 29.8 Å². The molecule has 16 heavy (non-hydrogen) atoms. The fraction of sp³-hybridized carbons (Fsp3) is 0.727. The topological polar surface area (TPSA) is 42.1 Å². The highest BCUT2D eigenvalue weighted by atomic mass is 32.2. The molecule has 1 aliphatic heterocycles. The van der Waals surface area contributed by atoms with E-state index in [2.05, 4.69) is 28.4 Å². The molecule has 1 fully saturated rings. The number of hydrogen-bond acceptors (Lipinski definition) is 5. The van der Waals surface area contributed by atoms with Crippen molar-refractivity contribution in [3.05, 3.63) is 11.1 Å². The Hall–Kier alpha value is -0.260. The van der Waals surface area contributed by atoms with Crippen LogP contribution in [0.25, 0.3) is 0 Å². The number of hydrogen-bond donors (Lipinski definition) is 1. The van der Waals surface area contributed by atoms with Gasteiger partial charge >= 0.3 is 0 Å². The SMILES string of the molecule is CSC1(CN)CCN(c2nc(C)cs2)CC1. The largest absolute Gasteiger partial charge is 0.348 e. The average molecular weight is 257 g/mol. The number of nitrogens with zero attached hydrogens (tertiary/aromatic N) is 2. The molecule has 90 valence electrons. The number of anilines is 1. The van der Waals surface area contributed by atoms with Crippen LogP contribution in [0.3, 0.4) is 0 Å². The minimum atomic E-state index is 0.308. The molecular formula is C11H19N3S2. The molecule has 2 rings (SSSR count). The van der Waals surface area contributed by atoms with Crippen LogP contribution in [0.1, 0.15) is 18.5 Å². The van der Waals surface area contributed by atoms with E-state index in [1.807, 2.05) is 11.8 Å². The molecule has 5 heteroatoms.